The van der Waals surface area contributed by atoms with Crippen LogP contribution in [0, 0.1) is 0 Å². The van der Waals surface area contributed by atoms with Crippen LogP contribution in [0.3, 0.4) is 0 Å². The largest absolute Gasteiger partial charge is 0.394 e. The molecule has 0 saturated carbocycles. The average molecular weight is 248 g/mol. The van der Waals surface area contributed by atoms with Gasteiger partial charge in [0.05, 0.1) is 11.8 Å². The molecule has 4 nitrogen and oxygen atoms in total. The van der Waals surface area contributed by atoms with Gasteiger partial charge in [0.1, 0.15) is 0 Å². The predicted molar refractivity (Wildman–Crippen MR) is 70.4 cm³/mol. The van der Waals surface area contributed by atoms with Gasteiger partial charge in [0.25, 0.3) is 0 Å². The maximum atomic E-state index is 5.97. The Labute approximate surface area is 101 Å². The fourth-order valence-corrected chi connectivity index (χ4v) is 5.56. The summed E-state index contributed by atoms with van der Waals surface area (Å²) in [7, 11) is -2.15. The quantitative estimate of drug-likeness (QED) is 0.482. The van der Waals surface area contributed by atoms with Crippen molar-refractivity contribution in [1.82, 2.24) is 5.32 Å². The molecule has 0 spiro atoms. The monoisotopic (exact) mass is 248 g/mol. The Morgan fingerprint density at radius 1 is 1.12 bits per heavy atom. The zero-order valence-electron chi connectivity index (χ0n) is 11.4. The summed E-state index contributed by atoms with van der Waals surface area (Å²) in [6.45, 7) is 11.7. The molecule has 0 heterocycles. The summed E-state index contributed by atoms with van der Waals surface area (Å²) < 4.78 is 11.9. The smallest absolute Gasteiger partial charge is 0.355 e. The van der Waals surface area contributed by atoms with Gasteiger partial charge in [-0.15, -0.1) is 0 Å². The topological polar surface area (TPSA) is 56.5 Å². The second-order valence-electron chi connectivity index (χ2n) is 3.95. The van der Waals surface area contributed by atoms with E-state index in [-0.39, 0.29) is 11.8 Å². The van der Waals surface area contributed by atoms with E-state index in [1.807, 2.05) is 20.8 Å². The fourth-order valence-electron chi connectivity index (χ4n) is 2.06. The first kappa shape index (κ1) is 16.1. The van der Waals surface area contributed by atoms with Crippen molar-refractivity contribution in [3.8, 4) is 0 Å². The zero-order valence-corrected chi connectivity index (χ0v) is 12.4. The highest BCUT2D eigenvalue weighted by atomic mass is 28.4. The number of rotatable bonds is 9. The van der Waals surface area contributed by atoms with Crippen LogP contribution in [-0.2, 0) is 8.85 Å². The summed E-state index contributed by atoms with van der Waals surface area (Å²) in [5.41, 5.74) is 6.07. The van der Waals surface area contributed by atoms with E-state index in [0.717, 1.165) is 12.5 Å². The molecule has 0 aliphatic carbocycles. The summed E-state index contributed by atoms with van der Waals surface area (Å²) in [5, 5.41) is 3.38. The Morgan fingerprint density at radius 2 is 1.62 bits per heavy atom. The van der Waals surface area contributed by atoms with Crippen LogP contribution in [0.15, 0.2) is 0 Å². The Morgan fingerprint density at radius 3 is 1.88 bits per heavy atom. The van der Waals surface area contributed by atoms with Crippen LogP contribution >= 0.6 is 0 Å². The van der Waals surface area contributed by atoms with E-state index in [9.17, 15) is 0 Å². The van der Waals surface area contributed by atoms with E-state index in [1.165, 1.54) is 0 Å². The van der Waals surface area contributed by atoms with E-state index in [0.29, 0.717) is 13.2 Å². The first-order valence-electron chi connectivity index (χ1n) is 6.35. The summed E-state index contributed by atoms with van der Waals surface area (Å²) in [5.74, 6) is 0. The number of hydrogen-bond donors (Lipinski definition) is 2. The highest BCUT2D eigenvalue weighted by molar-refractivity contribution is 6.69. The van der Waals surface area contributed by atoms with Gasteiger partial charge in [-0.25, -0.2) is 0 Å². The molecule has 0 aromatic heterocycles. The third kappa shape index (κ3) is 4.51. The number of nitrogens with two attached hydrogens (primary N) is 1. The predicted octanol–water partition coefficient (Wildman–Crippen LogP) is 1.73. The molecule has 0 rings (SSSR count). The van der Waals surface area contributed by atoms with E-state index >= 15 is 0 Å². The Balaban J connectivity index is 4.77. The normalized spacial score (nSPS) is 16.1. The van der Waals surface area contributed by atoms with Crippen LogP contribution in [-0.4, -0.2) is 33.6 Å². The molecule has 2 unspecified atom stereocenters. The Hall–Kier alpha value is 0.0569. The van der Waals surface area contributed by atoms with Crippen molar-refractivity contribution < 1.29 is 8.85 Å². The van der Waals surface area contributed by atoms with Crippen molar-refractivity contribution in [2.75, 3.05) is 13.2 Å². The van der Waals surface area contributed by atoms with E-state index in [1.54, 1.807) is 0 Å². The second-order valence-corrected chi connectivity index (χ2v) is 7.55. The highest BCUT2D eigenvalue weighted by Gasteiger charge is 2.43. The third-order valence-corrected chi connectivity index (χ3v) is 6.85. The van der Waals surface area contributed by atoms with Crippen molar-refractivity contribution >= 4 is 8.56 Å². The lowest BCUT2D eigenvalue weighted by Crippen LogP contribution is -2.61. The molecule has 3 N–H and O–H groups in total. The van der Waals surface area contributed by atoms with Crippen LogP contribution < -0.4 is 11.1 Å². The maximum absolute atomic E-state index is 5.97. The SMILES string of the molecule is CCO[Si](CC)(OCC)C(CC)NC(C)N. The molecule has 0 radical (unpaired) electrons. The molecule has 0 aliphatic rings. The Kier molecular flexibility index (Phi) is 8.22. The van der Waals surface area contributed by atoms with Gasteiger partial charge in [0.2, 0.25) is 0 Å². The van der Waals surface area contributed by atoms with E-state index < -0.39 is 8.56 Å². The lowest BCUT2D eigenvalue weighted by atomic mass is 10.4. The molecule has 0 aromatic carbocycles. The molecule has 2 atom stereocenters. The van der Waals surface area contributed by atoms with Crippen LogP contribution in [0.1, 0.15) is 41.0 Å². The molecule has 5 heteroatoms. The van der Waals surface area contributed by atoms with Crippen molar-refractivity contribution in [3.63, 3.8) is 0 Å². The molecule has 16 heavy (non-hydrogen) atoms. The number of nitrogens with one attached hydrogen (secondary N) is 1. The molecule has 0 bridgehead atoms. The van der Waals surface area contributed by atoms with Crippen LogP contribution in [0.2, 0.25) is 6.04 Å². The molecule has 0 fully saturated rings. The molecular weight excluding hydrogens is 220 g/mol. The lowest BCUT2D eigenvalue weighted by Gasteiger charge is -2.37. The van der Waals surface area contributed by atoms with E-state index in [2.05, 4.69) is 19.2 Å². The minimum atomic E-state index is -2.15. The second kappa shape index (κ2) is 8.19. The minimum Gasteiger partial charge on any atom is -0.394 e. The molecule has 0 amide bonds. The fraction of sp³-hybridized carbons (Fsp3) is 1.00. The maximum Gasteiger partial charge on any atom is 0.355 e. The van der Waals surface area contributed by atoms with Gasteiger partial charge in [0.15, 0.2) is 0 Å². The first-order valence-corrected chi connectivity index (χ1v) is 8.45. The summed E-state index contributed by atoms with van der Waals surface area (Å²) in [6, 6.07) is 0.951. The van der Waals surface area contributed by atoms with Crippen molar-refractivity contribution in [2.24, 2.45) is 5.73 Å². The molecule has 98 valence electrons. The van der Waals surface area contributed by atoms with E-state index in [4.69, 9.17) is 14.6 Å². The van der Waals surface area contributed by atoms with Gasteiger partial charge in [-0.2, -0.15) is 0 Å². The van der Waals surface area contributed by atoms with Crippen molar-refractivity contribution in [1.29, 1.82) is 0 Å². The summed E-state index contributed by atoms with van der Waals surface area (Å²) >= 11 is 0. The molecule has 0 aromatic rings. The Bertz CT molecular complexity index is 173. The zero-order chi connectivity index (χ0) is 12.6. The van der Waals surface area contributed by atoms with Crippen LogP contribution in [0.4, 0.5) is 0 Å². The minimum absolute atomic E-state index is 0.0238. The van der Waals surface area contributed by atoms with Crippen molar-refractivity contribution in [2.45, 2.75) is 58.9 Å². The number of hydrogen-bond acceptors (Lipinski definition) is 4. The summed E-state index contributed by atoms with van der Waals surface area (Å²) in [6.07, 6.45) is 0.964. The molecule has 0 aliphatic heterocycles. The van der Waals surface area contributed by atoms with Gasteiger partial charge in [-0.1, -0.05) is 13.8 Å². The standard InChI is InChI=1S/C11H28N2O2Si/c1-6-11(13-10(5)12)16(9-4,14-7-2)15-8-3/h10-11,13H,6-9,12H2,1-5H3. The third-order valence-electron chi connectivity index (χ3n) is 2.67. The first-order chi connectivity index (χ1) is 7.56. The molecular formula is C11H28N2O2Si. The van der Waals surface area contributed by atoms with Crippen LogP contribution in [0.25, 0.3) is 0 Å². The summed E-state index contributed by atoms with van der Waals surface area (Å²) in [4.78, 5) is 0. The van der Waals surface area contributed by atoms with Gasteiger partial charge >= 0.3 is 8.56 Å². The lowest BCUT2D eigenvalue weighted by molar-refractivity contribution is 0.165. The van der Waals surface area contributed by atoms with Gasteiger partial charge in [-0.3, -0.25) is 5.32 Å². The highest BCUT2D eigenvalue weighted by Crippen LogP contribution is 2.20. The van der Waals surface area contributed by atoms with Gasteiger partial charge in [-0.05, 0) is 33.2 Å². The van der Waals surface area contributed by atoms with Gasteiger partial charge < -0.3 is 14.6 Å². The van der Waals surface area contributed by atoms with Gasteiger partial charge in [0, 0.05) is 13.2 Å². The van der Waals surface area contributed by atoms with Crippen LogP contribution in [0.5, 0.6) is 0 Å². The van der Waals surface area contributed by atoms with Crippen molar-refractivity contribution in [3.05, 3.63) is 0 Å². The average Bonchev–Trinajstić information content (AvgIpc) is 2.25. The molecule has 0 saturated heterocycles.